The average Bonchev–Trinajstić information content (AvgIpc) is 2.63. The number of hydrogen-bond acceptors (Lipinski definition) is 3. The molecule has 1 aliphatic heterocycles. The highest BCUT2D eigenvalue weighted by Gasteiger charge is 2.24. The highest BCUT2D eigenvalue weighted by Crippen LogP contribution is 2.23. The van der Waals surface area contributed by atoms with Crippen LogP contribution in [-0.2, 0) is 4.79 Å². The van der Waals surface area contributed by atoms with Crippen LogP contribution < -0.4 is 5.32 Å². The first-order valence-corrected chi connectivity index (χ1v) is 6.54. The number of hydrogen-bond donors (Lipinski definition) is 1. The fourth-order valence-corrected chi connectivity index (χ4v) is 2.67. The normalized spacial score (nSPS) is 22.3. The van der Waals surface area contributed by atoms with E-state index in [1.807, 2.05) is 20.9 Å². The van der Waals surface area contributed by atoms with Gasteiger partial charge in [-0.3, -0.25) is 4.79 Å². The lowest BCUT2D eigenvalue weighted by Gasteiger charge is -2.32. The van der Waals surface area contributed by atoms with Crippen molar-refractivity contribution in [3.8, 4) is 0 Å². The van der Waals surface area contributed by atoms with Gasteiger partial charge in [-0.1, -0.05) is 0 Å². The van der Waals surface area contributed by atoms with Gasteiger partial charge in [-0.2, -0.15) is 0 Å². The molecule has 1 aromatic rings. The third-order valence-corrected chi connectivity index (χ3v) is 3.66. The van der Waals surface area contributed by atoms with Gasteiger partial charge in [0.05, 0.1) is 0 Å². The van der Waals surface area contributed by atoms with Gasteiger partial charge in [-0.05, 0) is 33.3 Å². The minimum Gasteiger partial charge on any atom is -0.466 e. The third-order valence-electron chi connectivity index (χ3n) is 3.66. The summed E-state index contributed by atoms with van der Waals surface area (Å²) in [5, 5.41) is 3.59. The summed E-state index contributed by atoms with van der Waals surface area (Å²) >= 11 is 0. The van der Waals surface area contributed by atoms with Crippen molar-refractivity contribution in [3.05, 3.63) is 23.2 Å². The summed E-state index contributed by atoms with van der Waals surface area (Å²) in [6.07, 6.45) is 1.56. The Morgan fingerprint density at radius 1 is 1.50 bits per heavy atom. The molecule has 2 atom stereocenters. The van der Waals surface area contributed by atoms with E-state index in [4.69, 9.17) is 4.42 Å². The van der Waals surface area contributed by atoms with Crippen LogP contribution in [-0.4, -0.2) is 30.4 Å². The predicted octanol–water partition coefficient (Wildman–Crippen LogP) is 2.17. The second-order valence-corrected chi connectivity index (χ2v) is 5.27. The minimum atomic E-state index is 0.246. The molecule has 1 N–H and O–H groups in total. The lowest BCUT2D eigenvalue weighted by molar-refractivity contribution is -0.132. The van der Waals surface area contributed by atoms with Crippen molar-refractivity contribution in [2.45, 2.75) is 45.7 Å². The molecule has 0 radical (unpaired) electrons. The van der Waals surface area contributed by atoms with E-state index in [9.17, 15) is 4.79 Å². The molecule has 2 rings (SSSR count). The summed E-state index contributed by atoms with van der Waals surface area (Å²) in [6, 6.07) is 2.72. The van der Waals surface area contributed by atoms with Crippen molar-refractivity contribution in [1.29, 1.82) is 0 Å². The second-order valence-electron chi connectivity index (χ2n) is 5.27. The van der Waals surface area contributed by atoms with Crippen LogP contribution in [0.3, 0.4) is 0 Å². The molecule has 100 valence electrons. The highest BCUT2D eigenvalue weighted by molar-refractivity contribution is 5.76. The van der Waals surface area contributed by atoms with E-state index in [-0.39, 0.29) is 11.9 Å². The number of likely N-dealkylation sites (N-methyl/N-ethyl adjacent to an activating group) is 1. The molecule has 2 unspecified atom stereocenters. The van der Waals surface area contributed by atoms with Gasteiger partial charge in [0.2, 0.25) is 5.91 Å². The first-order valence-electron chi connectivity index (χ1n) is 6.54. The Balaban J connectivity index is 1.97. The van der Waals surface area contributed by atoms with Gasteiger partial charge in [0.15, 0.2) is 0 Å². The first-order chi connectivity index (χ1) is 8.47. The molecule has 4 heteroatoms. The molecule has 1 saturated heterocycles. The number of amides is 1. The van der Waals surface area contributed by atoms with Crippen molar-refractivity contribution in [3.63, 3.8) is 0 Å². The molecule has 18 heavy (non-hydrogen) atoms. The van der Waals surface area contributed by atoms with Gasteiger partial charge in [0, 0.05) is 37.7 Å². The molecule has 0 aliphatic carbocycles. The fourth-order valence-electron chi connectivity index (χ4n) is 2.67. The monoisotopic (exact) mass is 250 g/mol. The Labute approximate surface area is 108 Å². The zero-order chi connectivity index (χ0) is 13.3. The number of nitrogens with one attached hydrogen (secondary N) is 1. The van der Waals surface area contributed by atoms with E-state index in [0.717, 1.165) is 24.5 Å². The van der Waals surface area contributed by atoms with Crippen molar-refractivity contribution in [1.82, 2.24) is 10.2 Å². The molecule has 1 amide bonds. The smallest absolute Gasteiger partial charge is 0.222 e. The minimum absolute atomic E-state index is 0.246. The molecule has 1 aromatic heterocycles. The van der Waals surface area contributed by atoms with Crippen molar-refractivity contribution < 1.29 is 9.21 Å². The zero-order valence-corrected chi connectivity index (χ0v) is 11.6. The molecule has 1 aliphatic rings. The largest absolute Gasteiger partial charge is 0.466 e. The number of carbonyl (C=O) groups is 1. The standard InChI is InChI=1S/C14H22N2O2/c1-9-7-13(11(3)18-9)10(2)15-12-5-6-14(17)16(4)8-12/h7,10,12,15H,5-6,8H2,1-4H3. The van der Waals surface area contributed by atoms with E-state index in [1.165, 1.54) is 5.56 Å². The highest BCUT2D eigenvalue weighted by atomic mass is 16.3. The van der Waals surface area contributed by atoms with E-state index in [0.29, 0.717) is 12.5 Å². The molecule has 0 bridgehead atoms. The van der Waals surface area contributed by atoms with E-state index in [1.54, 1.807) is 4.90 Å². The number of rotatable bonds is 3. The molecule has 0 aromatic carbocycles. The molecular formula is C14H22N2O2. The Morgan fingerprint density at radius 2 is 2.22 bits per heavy atom. The maximum Gasteiger partial charge on any atom is 0.222 e. The van der Waals surface area contributed by atoms with Gasteiger partial charge in [-0.15, -0.1) is 0 Å². The number of nitrogens with zero attached hydrogens (tertiary/aromatic N) is 1. The van der Waals surface area contributed by atoms with Crippen LogP contribution >= 0.6 is 0 Å². The molecule has 2 heterocycles. The fraction of sp³-hybridized carbons (Fsp3) is 0.643. The number of carbonyl (C=O) groups excluding carboxylic acids is 1. The van der Waals surface area contributed by atoms with Crippen LogP contribution in [0, 0.1) is 13.8 Å². The van der Waals surface area contributed by atoms with Gasteiger partial charge >= 0.3 is 0 Å². The molecule has 0 saturated carbocycles. The topological polar surface area (TPSA) is 45.5 Å². The number of likely N-dealkylation sites (tertiary alicyclic amines) is 1. The van der Waals surface area contributed by atoms with Crippen LogP contribution in [0.4, 0.5) is 0 Å². The maximum absolute atomic E-state index is 11.4. The molecular weight excluding hydrogens is 228 g/mol. The summed E-state index contributed by atoms with van der Waals surface area (Å²) < 4.78 is 5.56. The lowest BCUT2D eigenvalue weighted by atomic mass is 10.0. The Kier molecular flexibility index (Phi) is 3.76. The van der Waals surface area contributed by atoms with Crippen LogP contribution in [0.15, 0.2) is 10.5 Å². The molecule has 4 nitrogen and oxygen atoms in total. The lowest BCUT2D eigenvalue weighted by Crippen LogP contribution is -2.47. The SMILES string of the molecule is Cc1cc(C(C)NC2CCC(=O)N(C)C2)c(C)o1. The summed E-state index contributed by atoms with van der Waals surface area (Å²) in [5.74, 6) is 2.18. The van der Waals surface area contributed by atoms with Crippen molar-refractivity contribution >= 4 is 5.91 Å². The van der Waals surface area contributed by atoms with Gasteiger partial charge in [0.1, 0.15) is 11.5 Å². The van der Waals surface area contributed by atoms with Crippen LogP contribution in [0.25, 0.3) is 0 Å². The predicted molar refractivity (Wildman–Crippen MR) is 70.4 cm³/mol. The van der Waals surface area contributed by atoms with E-state index >= 15 is 0 Å². The summed E-state index contributed by atoms with van der Waals surface area (Å²) in [7, 11) is 1.87. The number of aryl methyl sites for hydroxylation is 2. The third kappa shape index (κ3) is 2.75. The van der Waals surface area contributed by atoms with E-state index in [2.05, 4.69) is 18.3 Å². The number of piperidine rings is 1. The Hall–Kier alpha value is -1.29. The van der Waals surface area contributed by atoms with Gasteiger partial charge < -0.3 is 14.6 Å². The molecule has 1 fully saturated rings. The molecule has 0 spiro atoms. The number of furan rings is 1. The van der Waals surface area contributed by atoms with Crippen LogP contribution in [0.2, 0.25) is 0 Å². The summed E-state index contributed by atoms with van der Waals surface area (Å²) in [5.41, 5.74) is 1.21. The van der Waals surface area contributed by atoms with Crippen molar-refractivity contribution in [2.75, 3.05) is 13.6 Å². The van der Waals surface area contributed by atoms with Gasteiger partial charge in [-0.25, -0.2) is 0 Å². The first kappa shape index (κ1) is 13.1. The van der Waals surface area contributed by atoms with Gasteiger partial charge in [0.25, 0.3) is 0 Å². The Bertz CT molecular complexity index is 439. The van der Waals surface area contributed by atoms with Crippen LogP contribution in [0.5, 0.6) is 0 Å². The summed E-state index contributed by atoms with van der Waals surface area (Å²) in [6.45, 7) is 6.90. The van der Waals surface area contributed by atoms with Crippen LogP contribution in [0.1, 0.15) is 42.9 Å². The zero-order valence-electron chi connectivity index (χ0n) is 11.6. The quantitative estimate of drug-likeness (QED) is 0.894. The Morgan fingerprint density at radius 3 is 2.78 bits per heavy atom. The second kappa shape index (κ2) is 5.14. The maximum atomic E-state index is 11.4. The summed E-state index contributed by atoms with van der Waals surface area (Å²) in [4.78, 5) is 13.2. The van der Waals surface area contributed by atoms with Crippen molar-refractivity contribution in [2.24, 2.45) is 0 Å². The van der Waals surface area contributed by atoms with E-state index < -0.39 is 0 Å². The average molecular weight is 250 g/mol.